The summed E-state index contributed by atoms with van der Waals surface area (Å²) in [5.41, 5.74) is 2.60. The number of hydrogen-bond acceptors (Lipinski definition) is 6. The molecule has 26 heavy (non-hydrogen) atoms. The fourth-order valence-electron chi connectivity index (χ4n) is 2.61. The van der Waals surface area contributed by atoms with Gasteiger partial charge in [0.05, 0.1) is 0 Å². The number of pyridine rings is 2. The third kappa shape index (κ3) is 6.96. The fraction of sp³-hybridized carbons (Fsp3) is 0.333. The van der Waals surface area contributed by atoms with Gasteiger partial charge in [0.15, 0.2) is 0 Å². The zero-order valence-electron chi connectivity index (χ0n) is 14.4. The predicted octanol–water partition coefficient (Wildman–Crippen LogP) is 0.950. The summed E-state index contributed by atoms with van der Waals surface area (Å²) >= 11 is 0. The second kappa shape index (κ2) is 10.2. The zero-order valence-corrected chi connectivity index (χ0v) is 14.4. The lowest BCUT2D eigenvalue weighted by Gasteiger charge is -2.34. The monoisotopic (exact) mass is 358 g/mol. The summed E-state index contributed by atoms with van der Waals surface area (Å²) in [5.74, 6) is -3.65. The molecule has 0 aliphatic carbocycles. The highest BCUT2D eigenvalue weighted by molar-refractivity contribution is 6.27. The van der Waals surface area contributed by atoms with E-state index in [4.69, 9.17) is 19.8 Å². The summed E-state index contributed by atoms with van der Waals surface area (Å²) in [4.78, 5) is 31.5. The molecule has 0 aromatic carbocycles. The van der Waals surface area contributed by atoms with E-state index in [-0.39, 0.29) is 0 Å². The van der Waals surface area contributed by atoms with Crippen molar-refractivity contribution < 1.29 is 19.8 Å². The fourth-order valence-corrected chi connectivity index (χ4v) is 2.61. The Kier molecular flexibility index (Phi) is 7.66. The number of rotatable bonds is 4. The first-order valence-electron chi connectivity index (χ1n) is 8.23. The normalized spacial score (nSPS) is 14.9. The molecule has 0 spiro atoms. The van der Waals surface area contributed by atoms with Crippen LogP contribution in [0.5, 0.6) is 0 Å². The molecule has 0 unspecified atom stereocenters. The number of carboxylic acids is 2. The Hall–Kier alpha value is -2.84. The van der Waals surface area contributed by atoms with Gasteiger partial charge >= 0.3 is 11.9 Å². The third-order valence-electron chi connectivity index (χ3n) is 3.91. The van der Waals surface area contributed by atoms with E-state index < -0.39 is 11.9 Å². The molecule has 2 N–H and O–H groups in total. The molecule has 0 amide bonds. The topological polar surface area (TPSA) is 107 Å². The first kappa shape index (κ1) is 19.5. The number of aliphatic carboxylic acids is 2. The Morgan fingerprint density at radius 2 is 1.19 bits per heavy atom. The van der Waals surface area contributed by atoms with Crippen molar-refractivity contribution >= 4 is 11.9 Å². The molecule has 8 heteroatoms. The van der Waals surface area contributed by atoms with Crippen LogP contribution in [0.4, 0.5) is 0 Å². The van der Waals surface area contributed by atoms with E-state index >= 15 is 0 Å². The van der Waals surface area contributed by atoms with E-state index in [0.717, 1.165) is 39.3 Å². The Balaban J connectivity index is 0.000000352. The van der Waals surface area contributed by atoms with Crippen LogP contribution in [-0.4, -0.2) is 68.1 Å². The van der Waals surface area contributed by atoms with Gasteiger partial charge in [0, 0.05) is 64.1 Å². The number of carbonyl (C=O) groups is 2. The van der Waals surface area contributed by atoms with Gasteiger partial charge < -0.3 is 10.2 Å². The van der Waals surface area contributed by atoms with Crippen molar-refractivity contribution in [3.05, 3.63) is 60.2 Å². The van der Waals surface area contributed by atoms with Gasteiger partial charge in [-0.25, -0.2) is 9.59 Å². The third-order valence-corrected chi connectivity index (χ3v) is 3.91. The van der Waals surface area contributed by atoms with Gasteiger partial charge in [-0.1, -0.05) is 12.1 Å². The first-order valence-corrected chi connectivity index (χ1v) is 8.23. The largest absolute Gasteiger partial charge is 0.473 e. The lowest BCUT2D eigenvalue weighted by atomic mass is 10.2. The minimum Gasteiger partial charge on any atom is -0.473 e. The highest BCUT2D eigenvalue weighted by atomic mass is 16.4. The minimum atomic E-state index is -1.82. The van der Waals surface area contributed by atoms with Crippen LogP contribution in [0.25, 0.3) is 0 Å². The van der Waals surface area contributed by atoms with Crippen molar-refractivity contribution in [3.8, 4) is 0 Å². The van der Waals surface area contributed by atoms with Gasteiger partial charge in [-0.3, -0.25) is 19.8 Å². The molecule has 2 aromatic rings. The van der Waals surface area contributed by atoms with Gasteiger partial charge in [0.25, 0.3) is 0 Å². The van der Waals surface area contributed by atoms with Crippen LogP contribution in [0.2, 0.25) is 0 Å². The molecule has 1 fully saturated rings. The molecule has 2 aromatic heterocycles. The van der Waals surface area contributed by atoms with Gasteiger partial charge in [-0.05, 0) is 23.3 Å². The molecule has 8 nitrogen and oxygen atoms in total. The molecule has 1 aliphatic heterocycles. The Bertz CT molecular complexity index is 627. The Labute approximate surface area is 151 Å². The molecule has 3 rings (SSSR count). The standard InChI is InChI=1S/C16H20N4.C2H2O4/c1-3-15(11-17-5-1)13-19-7-9-20(10-8-19)14-16-4-2-6-18-12-16;3-1(4)2(5)6/h1-6,11-12H,7-10,13-14H2;(H,3,4)(H,5,6). The predicted molar refractivity (Wildman–Crippen MR) is 94.3 cm³/mol. The summed E-state index contributed by atoms with van der Waals surface area (Å²) in [7, 11) is 0. The second-order valence-electron chi connectivity index (χ2n) is 5.89. The summed E-state index contributed by atoms with van der Waals surface area (Å²) in [5, 5.41) is 14.8. The van der Waals surface area contributed by atoms with E-state index in [2.05, 4.69) is 31.9 Å². The smallest absolute Gasteiger partial charge is 0.414 e. The van der Waals surface area contributed by atoms with Crippen LogP contribution >= 0.6 is 0 Å². The average Bonchev–Trinajstić information content (AvgIpc) is 2.65. The van der Waals surface area contributed by atoms with E-state index in [1.165, 1.54) is 11.1 Å². The SMILES string of the molecule is O=C(O)C(=O)O.c1cncc(CN2CCN(Cc3cccnc3)CC2)c1. The van der Waals surface area contributed by atoms with E-state index in [0.29, 0.717) is 0 Å². The summed E-state index contributed by atoms with van der Waals surface area (Å²) in [6.07, 6.45) is 7.58. The number of nitrogens with zero attached hydrogens (tertiary/aromatic N) is 4. The maximum Gasteiger partial charge on any atom is 0.414 e. The Morgan fingerprint density at radius 1 is 0.808 bits per heavy atom. The van der Waals surface area contributed by atoms with Crippen LogP contribution in [0.3, 0.4) is 0 Å². The Morgan fingerprint density at radius 3 is 1.46 bits per heavy atom. The maximum atomic E-state index is 9.10. The molecule has 138 valence electrons. The number of hydrogen-bond donors (Lipinski definition) is 2. The van der Waals surface area contributed by atoms with Crippen LogP contribution < -0.4 is 0 Å². The summed E-state index contributed by atoms with van der Waals surface area (Å²) in [6, 6.07) is 8.31. The minimum absolute atomic E-state index is 1.01. The molecule has 0 bridgehead atoms. The highest BCUT2D eigenvalue weighted by Crippen LogP contribution is 2.10. The second-order valence-corrected chi connectivity index (χ2v) is 5.89. The van der Waals surface area contributed by atoms with Crippen molar-refractivity contribution in [1.29, 1.82) is 0 Å². The van der Waals surface area contributed by atoms with Crippen molar-refractivity contribution in [1.82, 2.24) is 19.8 Å². The molecule has 3 heterocycles. The lowest BCUT2D eigenvalue weighted by Crippen LogP contribution is -2.45. The molecule has 1 aliphatic rings. The average molecular weight is 358 g/mol. The highest BCUT2D eigenvalue weighted by Gasteiger charge is 2.17. The molecule has 1 saturated heterocycles. The van der Waals surface area contributed by atoms with Crippen LogP contribution in [-0.2, 0) is 22.7 Å². The quantitative estimate of drug-likeness (QED) is 0.778. The van der Waals surface area contributed by atoms with Gasteiger partial charge in [0.2, 0.25) is 0 Å². The number of carboxylic acid groups (broad SMARTS) is 2. The van der Waals surface area contributed by atoms with E-state index in [1.54, 1.807) is 0 Å². The molecule has 0 atom stereocenters. The van der Waals surface area contributed by atoms with E-state index in [9.17, 15) is 0 Å². The van der Waals surface area contributed by atoms with Crippen molar-refractivity contribution in [2.75, 3.05) is 26.2 Å². The van der Waals surface area contributed by atoms with Crippen LogP contribution in [0.15, 0.2) is 49.1 Å². The molecular weight excluding hydrogens is 336 g/mol. The number of aromatic nitrogens is 2. The van der Waals surface area contributed by atoms with Crippen LogP contribution in [0.1, 0.15) is 11.1 Å². The van der Waals surface area contributed by atoms with Gasteiger partial charge in [0.1, 0.15) is 0 Å². The molecule has 0 radical (unpaired) electrons. The summed E-state index contributed by atoms with van der Waals surface area (Å²) in [6.45, 7) is 6.50. The van der Waals surface area contributed by atoms with Crippen molar-refractivity contribution in [3.63, 3.8) is 0 Å². The first-order chi connectivity index (χ1) is 12.5. The van der Waals surface area contributed by atoms with E-state index in [1.807, 2.05) is 36.9 Å². The maximum absolute atomic E-state index is 9.10. The van der Waals surface area contributed by atoms with Gasteiger partial charge in [-0.2, -0.15) is 0 Å². The zero-order chi connectivity index (χ0) is 18.8. The molecule has 0 saturated carbocycles. The van der Waals surface area contributed by atoms with Crippen molar-refractivity contribution in [2.45, 2.75) is 13.1 Å². The molecular formula is C18H22N4O4. The summed E-state index contributed by atoms with van der Waals surface area (Å²) < 4.78 is 0. The van der Waals surface area contributed by atoms with Crippen LogP contribution in [0, 0.1) is 0 Å². The van der Waals surface area contributed by atoms with Crippen molar-refractivity contribution in [2.24, 2.45) is 0 Å². The lowest BCUT2D eigenvalue weighted by molar-refractivity contribution is -0.159. The van der Waals surface area contributed by atoms with Gasteiger partial charge in [-0.15, -0.1) is 0 Å². The number of piperazine rings is 1.